The third kappa shape index (κ3) is 1.36. The van der Waals surface area contributed by atoms with Crippen molar-refractivity contribution in [3.8, 4) is 0 Å². The Morgan fingerprint density at radius 1 is 1.25 bits per heavy atom. The molecule has 2 N–H and O–H groups in total. The lowest BCUT2D eigenvalue weighted by molar-refractivity contribution is -0.145. The fourth-order valence-corrected chi connectivity index (χ4v) is 2.83. The van der Waals surface area contributed by atoms with Crippen molar-refractivity contribution in [3.63, 3.8) is 0 Å². The standard InChI is InChI=1S/C10H13NO5/c12-7(13)6-5-10(3-1-2-4-10)8(14)11(6)9(15)16/h6H,1-5H2,(H,12,13)(H,15,16). The number of carboxylic acids is 1. The summed E-state index contributed by atoms with van der Waals surface area (Å²) in [6.45, 7) is 0. The zero-order valence-corrected chi connectivity index (χ0v) is 8.68. The van der Waals surface area contributed by atoms with E-state index in [1.54, 1.807) is 0 Å². The molecule has 1 saturated heterocycles. The number of carboxylic acid groups (broad SMARTS) is 2. The molecule has 0 bridgehead atoms. The molecular formula is C10H13NO5. The van der Waals surface area contributed by atoms with E-state index in [1.165, 1.54) is 0 Å². The van der Waals surface area contributed by atoms with Crippen LogP contribution in [0.1, 0.15) is 32.1 Å². The largest absolute Gasteiger partial charge is 0.480 e. The molecule has 1 atom stereocenters. The van der Waals surface area contributed by atoms with E-state index in [0.717, 1.165) is 12.8 Å². The summed E-state index contributed by atoms with van der Waals surface area (Å²) >= 11 is 0. The van der Waals surface area contributed by atoms with Crippen LogP contribution in [0.25, 0.3) is 0 Å². The quantitative estimate of drug-likeness (QED) is 0.694. The Balaban J connectivity index is 2.33. The molecular weight excluding hydrogens is 214 g/mol. The second-order valence-electron chi connectivity index (χ2n) is 4.50. The summed E-state index contributed by atoms with van der Waals surface area (Å²) in [5, 5.41) is 17.8. The molecule has 2 fully saturated rings. The maximum absolute atomic E-state index is 12.0. The molecule has 2 amide bonds. The first-order chi connectivity index (χ1) is 7.48. The van der Waals surface area contributed by atoms with Crippen molar-refractivity contribution in [2.75, 3.05) is 0 Å². The smallest absolute Gasteiger partial charge is 0.414 e. The van der Waals surface area contributed by atoms with Gasteiger partial charge in [0.15, 0.2) is 0 Å². The van der Waals surface area contributed by atoms with Crippen molar-refractivity contribution in [3.05, 3.63) is 0 Å². The van der Waals surface area contributed by atoms with E-state index in [0.29, 0.717) is 17.7 Å². The van der Waals surface area contributed by atoms with Crippen LogP contribution in [0.2, 0.25) is 0 Å². The Bertz CT molecular complexity index is 358. The second kappa shape index (κ2) is 3.47. The average molecular weight is 227 g/mol. The van der Waals surface area contributed by atoms with E-state index in [1.807, 2.05) is 0 Å². The summed E-state index contributed by atoms with van der Waals surface area (Å²) in [6, 6.07) is -1.21. The summed E-state index contributed by atoms with van der Waals surface area (Å²) in [5.74, 6) is -1.76. The molecule has 16 heavy (non-hydrogen) atoms. The molecule has 1 aliphatic heterocycles. The van der Waals surface area contributed by atoms with Gasteiger partial charge in [0.25, 0.3) is 0 Å². The summed E-state index contributed by atoms with van der Waals surface area (Å²) in [6.07, 6.45) is 1.63. The molecule has 0 radical (unpaired) electrons. The van der Waals surface area contributed by atoms with Crippen LogP contribution in [-0.2, 0) is 9.59 Å². The summed E-state index contributed by atoms with van der Waals surface area (Å²) < 4.78 is 0. The van der Waals surface area contributed by atoms with Crippen LogP contribution in [0.3, 0.4) is 0 Å². The van der Waals surface area contributed by atoms with Crippen LogP contribution in [-0.4, -0.2) is 39.1 Å². The van der Waals surface area contributed by atoms with Crippen molar-refractivity contribution < 1.29 is 24.6 Å². The number of hydrogen-bond acceptors (Lipinski definition) is 3. The Kier molecular flexibility index (Phi) is 2.36. The van der Waals surface area contributed by atoms with Gasteiger partial charge in [-0.05, 0) is 19.3 Å². The highest BCUT2D eigenvalue weighted by Gasteiger charge is 2.57. The van der Waals surface area contributed by atoms with Gasteiger partial charge in [-0.2, -0.15) is 0 Å². The number of carbonyl (C=O) groups is 3. The van der Waals surface area contributed by atoms with Gasteiger partial charge in [-0.3, -0.25) is 4.79 Å². The lowest BCUT2D eigenvalue weighted by atomic mass is 9.83. The van der Waals surface area contributed by atoms with E-state index in [2.05, 4.69) is 0 Å². The van der Waals surface area contributed by atoms with Gasteiger partial charge in [-0.25, -0.2) is 14.5 Å². The number of carbonyl (C=O) groups excluding carboxylic acids is 1. The molecule has 88 valence electrons. The van der Waals surface area contributed by atoms with Gasteiger partial charge < -0.3 is 10.2 Å². The second-order valence-corrected chi connectivity index (χ2v) is 4.50. The zero-order chi connectivity index (χ0) is 11.9. The Hall–Kier alpha value is -1.59. The lowest BCUT2D eigenvalue weighted by Crippen LogP contribution is -2.43. The minimum absolute atomic E-state index is 0.132. The highest BCUT2D eigenvalue weighted by molar-refractivity contribution is 6.01. The predicted molar refractivity (Wildman–Crippen MR) is 51.8 cm³/mol. The van der Waals surface area contributed by atoms with Crippen LogP contribution in [0, 0.1) is 5.41 Å². The third-order valence-corrected chi connectivity index (χ3v) is 3.62. The Morgan fingerprint density at radius 3 is 2.19 bits per heavy atom. The molecule has 1 aliphatic carbocycles. The molecule has 0 aromatic rings. The maximum Gasteiger partial charge on any atom is 0.414 e. The van der Waals surface area contributed by atoms with Crippen molar-refractivity contribution in [2.24, 2.45) is 5.41 Å². The first-order valence-corrected chi connectivity index (χ1v) is 5.27. The molecule has 2 aliphatic rings. The number of aliphatic carboxylic acids is 1. The minimum Gasteiger partial charge on any atom is -0.480 e. The SMILES string of the molecule is O=C(O)C1CC2(CCCC2)C(=O)N1C(=O)O. The van der Waals surface area contributed by atoms with Gasteiger partial charge in [0.2, 0.25) is 5.91 Å². The van der Waals surface area contributed by atoms with Crippen molar-refractivity contribution >= 4 is 18.0 Å². The summed E-state index contributed by atoms with van der Waals surface area (Å²) in [7, 11) is 0. The topological polar surface area (TPSA) is 94.9 Å². The average Bonchev–Trinajstić information content (AvgIpc) is 2.75. The maximum atomic E-state index is 12.0. The van der Waals surface area contributed by atoms with E-state index < -0.39 is 29.4 Å². The van der Waals surface area contributed by atoms with Crippen molar-refractivity contribution in [1.82, 2.24) is 4.90 Å². The highest BCUT2D eigenvalue weighted by atomic mass is 16.4. The molecule has 1 saturated carbocycles. The van der Waals surface area contributed by atoms with Crippen LogP contribution in [0.5, 0.6) is 0 Å². The molecule has 1 unspecified atom stereocenters. The van der Waals surface area contributed by atoms with Gasteiger partial charge in [-0.1, -0.05) is 12.8 Å². The van der Waals surface area contributed by atoms with Crippen LogP contribution < -0.4 is 0 Å². The fraction of sp³-hybridized carbons (Fsp3) is 0.700. The van der Waals surface area contributed by atoms with Gasteiger partial charge in [0, 0.05) is 0 Å². The molecule has 6 nitrogen and oxygen atoms in total. The number of likely N-dealkylation sites (tertiary alicyclic amines) is 1. The normalized spacial score (nSPS) is 27.6. The molecule has 0 aromatic carbocycles. The van der Waals surface area contributed by atoms with Gasteiger partial charge in [0.05, 0.1) is 5.41 Å². The summed E-state index contributed by atoms with van der Waals surface area (Å²) in [5.41, 5.74) is -0.721. The van der Waals surface area contributed by atoms with Gasteiger partial charge >= 0.3 is 12.1 Å². The van der Waals surface area contributed by atoms with E-state index >= 15 is 0 Å². The van der Waals surface area contributed by atoms with Crippen LogP contribution >= 0.6 is 0 Å². The molecule has 2 rings (SSSR count). The lowest BCUT2D eigenvalue weighted by Gasteiger charge is -2.19. The highest BCUT2D eigenvalue weighted by Crippen LogP contribution is 2.48. The van der Waals surface area contributed by atoms with E-state index in [4.69, 9.17) is 10.2 Å². The first-order valence-electron chi connectivity index (χ1n) is 5.27. The summed E-state index contributed by atoms with van der Waals surface area (Å²) in [4.78, 5) is 34.3. The predicted octanol–water partition coefficient (Wildman–Crippen LogP) is 0.910. The minimum atomic E-state index is -1.46. The fourth-order valence-electron chi connectivity index (χ4n) is 2.83. The Labute approximate surface area is 91.8 Å². The van der Waals surface area contributed by atoms with Gasteiger partial charge in [0.1, 0.15) is 6.04 Å². The molecule has 1 heterocycles. The molecule has 0 aromatic heterocycles. The van der Waals surface area contributed by atoms with Crippen LogP contribution in [0.4, 0.5) is 4.79 Å². The Morgan fingerprint density at radius 2 is 1.81 bits per heavy atom. The molecule has 6 heteroatoms. The zero-order valence-electron chi connectivity index (χ0n) is 8.68. The van der Waals surface area contributed by atoms with Gasteiger partial charge in [-0.15, -0.1) is 0 Å². The van der Waals surface area contributed by atoms with Crippen molar-refractivity contribution in [2.45, 2.75) is 38.1 Å². The first kappa shape index (κ1) is 10.9. The number of amides is 2. The number of imide groups is 1. The third-order valence-electron chi connectivity index (χ3n) is 3.62. The number of rotatable bonds is 1. The van der Waals surface area contributed by atoms with E-state index in [-0.39, 0.29) is 6.42 Å². The molecule has 1 spiro atoms. The monoisotopic (exact) mass is 227 g/mol. The number of hydrogen-bond donors (Lipinski definition) is 2. The van der Waals surface area contributed by atoms with E-state index in [9.17, 15) is 14.4 Å². The van der Waals surface area contributed by atoms with Crippen molar-refractivity contribution in [1.29, 1.82) is 0 Å². The van der Waals surface area contributed by atoms with Crippen LogP contribution in [0.15, 0.2) is 0 Å². The number of nitrogens with zero attached hydrogens (tertiary/aromatic N) is 1.